The summed E-state index contributed by atoms with van der Waals surface area (Å²) in [6.07, 6.45) is 0. The van der Waals surface area contributed by atoms with Crippen LogP contribution in [0.1, 0.15) is 30.9 Å². The minimum absolute atomic E-state index is 0.245. The van der Waals surface area contributed by atoms with Crippen LogP contribution in [0, 0.1) is 0 Å². The predicted octanol–water partition coefficient (Wildman–Crippen LogP) is 1.74. The van der Waals surface area contributed by atoms with E-state index in [0.29, 0.717) is 12.5 Å². The molecule has 1 rings (SSSR count). The van der Waals surface area contributed by atoms with E-state index in [9.17, 15) is 4.79 Å². The number of hydrogen-bond acceptors (Lipinski definition) is 3. The monoisotopic (exact) mass is 250 g/mol. The number of rotatable bonds is 6. The second-order valence-corrected chi connectivity index (χ2v) is 4.86. The van der Waals surface area contributed by atoms with Gasteiger partial charge in [0.1, 0.15) is 5.75 Å². The van der Waals surface area contributed by atoms with Crippen LogP contribution in [0.15, 0.2) is 18.2 Å². The van der Waals surface area contributed by atoms with Gasteiger partial charge in [0.25, 0.3) is 0 Å². The van der Waals surface area contributed by atoms with E-state index in [1.807, 2.05) is 18.0 Å². The summed E-state index contributed by atoms with van der Waals surface area (Å²) >= 11 is 0. The van der Waals surface area contributed by atoms with Crippen molar-refractivity contribution in [1.82, 2.24) is 4.90 Å². The molecule has 0 saturated carbocycles. The molecule has 0 heterocycles. The van der Waals surface area contributed by atoms with Crippen molar-refractivity contribution in [2.75, 3.05) is 20.7 Å². The number of carbonyl (C=O) groups excluding carboxylic acids is 1. The summed E-state index contributed by atoms with van der Waals surface area (Å²) in [5.41, 5.74) is 7.47. The van der Waals surface area contributed by atoms with Gasteiger partial charge in [-0.05, 0) is 24.6 Å². The fraction of sp³-hybridized carbons (Fsp3) is 0.500. The average Bonchev–Trinajstić information content (AvgIpc) is 2.27. The van der Waals surface area contributed by atoms with E-state index >= 15 is 0 Å². The number of primary amides is 1. The molecule has 4 heteroatoms. The summed E-state index contributed by atoms with van der Waals surface area (Å²) in [7, 11) is 3.53. The largest absolute Gasteiger partial charge is 0.496 e. The Bertz CT molecular complexity index is 416. The number of nitrogens with zero attached hydrogens (tertiary/aromatic N) is 1. The fourth-order valence-corrected chi connectivity index (χ4v) is 1.86. The maximum absolute atomic E-state index is 10.8. The standard InChI is InChI=1S/C14H22N2O2/c1-10(2)11-5-6-12(13(7-11)18-4)8-16(3)9-14(15)17/h5-7,10H,8-9H2,1-4H3,(H2,15,17). The van der Waals surface area contributed by atoms with Gasteiger partial charge in [-0.1, -0.05) is 26.0 Å². The molecular formula is C14H22N2O2. The third-order valence-corrected chi connectivity index (χ3v) is 2.84. The van der Waals surface area contributed by atoms with E-state index in [1.54, 1.807) is 7.11 Å². The minimum atomic E-state index is -0.324. The normalized spacial score (nSPS) is 11.0. The summed E-state index contributed by atoms with van der Waals surface area (Å²) in [6, 6.07) is 6.20. The third kappa shape index (κ3) is 4.04. The highest BCUT2D eigenvalue weighted by atomic mass is 16.5. The maximum atomic E-state index is 10.8. The lowest BCUT2D eigenvalue weighted by Crippen LogP contribution is -2.30. The van der Waals surface area contributed by atoms with Crippen LogP contribution in [-0.4, -0.2) is 31.5 Å². The zero-order valence-corrected chi connectivity index (χ0v) is 11.6. The second kappa shape index (κ2) is 6.40. The van der Waals surface area contributed by atoms with Gasteiger partial charge in [-0.15, -0.1) is 0 Å². The first-order valence-corrected chi connectivity index (χ1v) is 6.07. The van der Waals surface area contributed by atoms with Crippen molar-refractivity contribution in [2.45, 2.75) is 26.3 Å². The molecule has 0 bridgehead atoms. The van der Waals surface area contributed by atoms with Crippen LogP contribution in [0.25, 0.3) is 0 Å². The zero-order valence-electron chi connectivity index (χ0n) is 11.6. The van der Waals surface area contributed by atoms with E-state index in [-0.39, 0.29) is 12.5 Å². The molecule has 0 unspecified atom stereocenters. The molecule has 0 aliphatic rings. The van der Waals surface area contributed by atoms with Gasteiger partial charge in [0.2, 0.25) is 5.91 Å². The number of nitrogens with two attached hydrogens (primary N) is 1. The molecule has 0 fully saturated rings. The molecule has 18 heavy (non-hydrogen) atoms. The molecule has 0 saturated heterocycles. The molecule has 4 nitrogen and oxygen atoms in total. The Morgan fingerprint density at radius 2 is 2.11 bits per heavy atom. The van der Waals surface area contributed by atoms with Crippen LogP contribution in [-0.2, 0) is 11.3 Å². The molecule has 0 spiro atoms. The summed E-state index contributed by atoms with van der Waals surface area (Å²) in [4.78, 5) is 12.7. The number of benzene rings is 1. The van der Waals surface area contributed by atoms with Gasteiger partial charge in [-0.3, -0.25) is 9.69 Å². The van der Waals surface area contributed by atoms with Crippen LogP contribution in [0.5, 0.6) is 5.75 Å². The van der Waals surface area contributed by atoms with E-state index in [4.69, 9.17) is 10.5 Å². The number of likely N-dealkylation sites (N-methyl/N-ethyl adjacent to an activating group) is 1. The number of carbonyl (C=O) groups is 1. The van der Waals surface area contributed by atoms with Crippen molar-refractivity contribution >= 4 is 5.91 Å². The van der Waals surface area contributed by atoms with Crippen LogP contribution < -0.4 is 10.5 Å². The first kappa shape index (κ1) is 14.5. The van der Waals surface area contributed by atoms with Crippen molar-refractivity contribution in [1.29, 1.82) is 0 Å². The van der Waals surface area contributed by atoms with E-state index in [0.717, 1.165) is 11.3 Å². The van der Waals surface area contributed by atoms with Gasteiger partial charge in [0.05, 0.1) is 13.7 Å². The SMILES string of the molecule is COc1cc(C(C)C)ccc1CN(C)CC(N)=O. The molecule has 0 atom stereocenters. The lowest BCUT2D eigenvalue weighted by molar-refractivity contribution is -0.118. The minimum Gasteiger partial charge on any atom is -0.496 e. The van der Waals surface area contributed by atoms with Gasteiger partial charge in [-0.25, -0.2) is 0 Å². The number of amides is 1. The van der Waals surface area contributed by atoms with Crippen molar-refractivity contribution in [3.63, 3.8) is 0 Å². The Balaban J connectivity index is 2.85. The lowest BCUT2D eigenvalue weighted by atomic mass is 10.0. The number of methoxy groups -OCH3 is 1. The van der Waals surface area contributed by atoms with Crippen LogP contribution in [0.3, 0.4) is 0 Å². The second-order valence-electron chi connectivity index (χ2n) is 4.86. The van der Waals surface area contributed by atoms with Crippen LogP contribution >= 0.6 is 0 Å². The van der Waals surface area contributed by atoms with Crippen molar-refractivity contribution in [3.05, 3.63) is 29.3 Å². The molecule has 100 valence electrons. The summed E-state index contributed by atoms with van der Waals surface area (Å²) in [5.74, 6) is 1.00. The van der Waals surface area contributed by atoms with Gasteiger partial charge >= 0.3 is 0 Å². The van der Waals surface area contributed by atoms with Crippen molar-refractivity contribution < 1.29 is 9.53 Å². The molecular weight excluding hydrogens is 228 g/mol. The highest BCUT2D eigenvalue weighted by Crippen LogP contribution is 2.25. The number of ether oxygens (including phenoxy) is 1. The van der Waals surface area contributed by atoms with Crippen LogP contribution in [0.2, 0.25) is 0 Å². The highest BCUT2D eigenvalue weighted by molar-refractivity contribution is 5.75. The topological polar surface area (TPSA) is 55.6 Å². The van der Waals surface area contributed by atoms with Crippen molar-refractivity contribution in [3.8, 4) is 5.75 Å². The third-order valence-electron chi connectivity index (χ3n) is 2.84. The van der Waals surface area contributed by atoms with Gasteiger partial charge in [-0.2, -0.15) is 0 Å². The first-order chi connectivity index (χ1) is 8.43. The smallest absolute Gasteiger partial charge is 0.231 e. The van der Waals surface area contributed by atoms with E-state index in [1.165, 1.54) is 5.56 Å². The van der Waals surface area contributed by atoms with Gasteiger partial charge in [0, 0.05) is 12.1 Å². The average molecular weight is 250 g/mol. The molecule has 0 aliphatic heterocycles. The molecule has 1 amide bonds. The Kier molecular flexibility index (Phi) is 5.16. The molecule has 1 aromatic rings. The van der Waals surface area contributed by atoms with Crippen LogP contribution in [0.4, 0.5) is 0 Å². The Morgan fingerprint density at radius 3 is 2.61 bits per heavy atom. The van der Waals surface area contributed by atoms with Gasteiger partial charge in [0.15, 0.2) is 0 Å². The maximum Gasteiger partial charge on any atom is 0.231 e. The van der Waals surface area contributed by atoms with E-state index < -0.39 is 0 Å². The Morgan fingerprint density at radius 1 is 1.44 bits per heavy atom. The van der Waals surface area contributed by atoms with Gasteiger partial charge < -0.3 is 10.5 Å². The molecule has 1 aromatic carbocycles. The highest BCUT2D eigenvalue weighted by Gasteiger charge is 2.10. The molecule has 0 aromatic heterocycles. The summed E-state index contributed by atoms with van der Waals surface area (Å²) in [6.45, 7) is 5.18. The zero-order chi connectivity index (χ0) is 13.7. The summed E-state index contributed by atoms with van der Waals surface area (Å²) < 4.78 is 5.40. The van der Waals surface area contributed by atoms with E-state index in [2.05, 4.69) is 26.0 Å². The summed E-state index contributed by atoms with van der Waals surface area (Å²) in [5, 5.41) is 0. The first-order valence-electron chi connectivity index (χ1n) is 6.07. The Hall–Kier alpha value is -1.55. The molecule has 2 N–H and O–H groups in total. The fourth-order valence-electron chi connectivity index (χ4n) is 1.86. The predicted molar refractivity (Wildman–Crippen MR) is 72.6 cm³/mol. The number of hydrogen-bond donors (Lipinski definition) is 1. The lowest BCUT2D eigenvalue weighted by Gasteiger charge is -2.18. The Labute approximate surface area is 109 Å². The van der Waals surface area contributed by atoms with Crippen molar-refractivity contribution in [2.24, 2.45) is 5.73 Å². The quantitative estimate of drug-likeness (QED) is 0.836. The molecule has 0 radical (unpaired) electrons. The molecule has 0 aliphatic carbocycles.